The summed E-state index contributed by atoms with van der Waals surface area (Å²) < 4.78 is 5.86. The number of aromatic nitrogens is 2. The summed E-state index contributed by atoms with van der Waals surface area (Å²) >= 11 is 0. The number of hydrogen-bond acceptors (Lipinski definition) is 7. The Hall–Kier alpha value is -3.91. The van der Waals surface area contributed by atoms with E-state index in [-0.39, 0.29) is 12.5 Å². The van der Waals surface area contributed by atoms with Crippen LogP contribution >= 0.6 is 0 Å². The molecule has 1 amide bonds. The van der Waals surface area contributed by atoms with Crippen molar-refractivity contribution >= 4 is 17.5 Å². The van der Waals surface area contributed by atoms with E-state index in [0.29, 0.717) is 48.9 Å². The number of para-hydroxylation sites is 1. The molecule has 0 aliphatic carbocycles. The van der Waals surface area contributed by atoms with Crippen LogP contribution < -0.4 is 15.8 Å². The number of likely N-dealkylation sites (tertiary alicyclic amines) is 1. The molecule has 0 saturated carbocycles. The summed E-state index contributed by atoms with van der Waals surface area (Å²) in [4.78, 5) is 22.0. The van der Waals surface area contributed by atoms with Gasteiger partial charge in [0.15, 0.2) is 0 Å². The minimum atomic E-state index is -0.956. The third-order valence-electron chi connectivity index (χ3n) is 5.76. The quantitative estimate of drug-likeness (QED) is 0.477. The van der Waals surface area contributed by atoms with Crippen LogP contribution in [0.4, 0.5) is 11.6 Å². The van der Waals surface area contributed by atoms with Crippen molar-refractivity contribution in [1.29, 1.82) is 0 Å². The molecule has 2 aromatic carbocycles. The van der Waals surface area contributed by atoms with Crippen molar-refractivity contribution in [3.05, 3.63) is 73.6 Å². The molecule has 1 aromatic heterocycles. The Morgan fingerprint density at radius 1 is 1.12 bits per heavy atom. The molecular weight excluding hydrogens is 418 g/mol. The molecule has 1 aliphatic rings. The molecule has 0 bridgehead atoms. The Labute approximate surface area is 192 Å². The van der Waals surface area contributed by atoms with Gasteiger partial charge >= 0.3 is 0 Å². The maximum atomic E-state index is 11.8. The number of aliphatic hydroxyl groups is 1. The van der Waals surface area contributed by atoms with Gasteiger partial charge in [-0.2, -0.15) is 0 Å². The third kappa shape index (κ3) is 5.30. The molecule has 1 fully saturated rings. The van der Waals surface area contributed by atoms with E-state index in [1.165, 1.54) is 12.4 Å². The molecule has 8 nitrogen and oxygen atoms in total. The van der Waals surface area contributed by atoms with Gasteiger partial charge in [0.1, 0.15) is 29.5 Å². The minimum absolute atomic E-state index is 0.115. The van der Waals surface area contributed by atoms with Crippen LogP contribution in [0.2, 0.25) is 0 Å². The minimum Gasteiger partial charge on any atom is -0.457 e. The largest absolute Gasteiger partial charge is 0.457 e. The zero-order valence-electron chi connectivity index (χ0n) is 18.3. The van der Waals surface area contributed by atoms with Gasteiger partial charge in [0.2, 0.25) is 5.91 Å². The molecule has 3 aromatic rings. The van der Waals surface area contributed by atoms with Crippen molar-refractivity contribution in [2.75, 3.05) is 30.7 Å². The number of rotatable bonds is 7. The lowest BCUT2D eigenvalue weighted by Gasteiger charge is -2.38. The van der Waals surface area contributed by atoms with E-state index in [4.69, 9.17) is 10.5 Å². The van der Waals surface area contributed by atoms with Crippen molar-refractivity contribution < 1.29 is 14.6 Å². The van der Waals surface area contributed by atoms with Crippen molar-refractivity contribution in [2.45, 2.75) is 18.4 Å². The second-order valence-corrected chi connectivity index (χ2v) is 8.03. The van der Waals surface area contributed by atoms with Gasteiger partial charge in [0.25, 0.3) is 0 Å². The maximum absolute atomic E-state index is 11.8. The van der Waals surface area contributed by atoms with Crippen LogP contribution in [0.5, 0.6) is 11.5 Å². The average molecular weight is 446 g/mol. The van der Waals surface area contributed by atoms with E-state index >= 15 is 0 Å². The fourth-order valence-electron chi connectivity index (χ4n) is 3.83. The number of nitrogens with zero attached hydrogens (tertiary/aromatic N) is 3. The van der Waals surface area contributed by atoms with Crippen LogP contribution in [0.3, 0.4) is 0 Å². The standard InChI is InChI=1S/C25H27N5O3/c1-2-21(31)30-14-12-25(32,13-15-30)16-27-24-22(23(26)28-17-29-24)18-8-10-20(11-9-18)33-19-6-4-3-5-7-19/h2-11,17,32H,1,12-16H2,(H3,26,27,28,29). The smallest absolute Gasteiger partial charge is 0.245 e. The summed E-state index contributed by atoms with van der Waals surface area (Å²) in [6, 6.07) is 17.1. The maximum Gasteiger partial charge on any atom is 0.245 e. The van der Waals surface area contributed by atoms with E-state index in [9.17, 15) is 9.90 Å². The van der Waals surface area contributed by atoms with Gasteiger partial charge in [-0.05, 0) is 48.7 Å². The number of nitrogens with one attached hydrogen (secondary N) is 1. The van der Waals surface area contributed by atoms with Crippen LogP contribution in [0.1, 0.15) is 12.8 Å². The predicted molar refractivity (Wildman–Crippen MR) is 128 cm³/mol. The molecule has 0 radical (unpaired) electrons. The second kappa shape index (κ2) is 9.70. The van der Waals surface area contributed by atoms with Gasteiger partial charge in [-0.25, -0.2) is 9.97 Å². The number of nitrogen functional groups attached to an aromatic ring is 1. The summed E-state index contributed by atoms with van der Waals surface area (Å²) in [5.41, 5.74) is 6.72. The van der Waals surface area contributed by atoms with Gasteiger partial charge < -0.3 is 25.8 Å². The summed E-state index contributed by atoms with van der Waals surface area (Å²) in [6.07, 6.45) is 3.61. The van der Waals surface area contributed by atoms with Crippen LogP contribution in [-0.4, -0.2) is 51.1 Å². The van der Waals surface area contributed by atoms with Gasteiger partial charge in [-0.15, -0.1) is 0 Å². The Morgan fingerprint density at radius 2 is 1.79 bits per heavy atom. The highest BCUT2D eigenvalue weighted by Gasteiger charge is 2.33. The molecule has 0 spiro atoms. The zero-order chi connectivity index (χ0) is 23.3. The predicted octanol–water partition coefficient (Wildman–Crippen LogP) is 3.47. The number of ether oxygens (including phenoxy) is 1. The number of benzene rings is 2. The normalized spacial score (nSPS) is 15.0. The molecule has 33 heavy (non-hydrogen) atoms. The number of carbonyl (C=O) groups excluding carboxylic acids is 1. The highest BCUT2D eigenvalue weighted by Crippen LogP contribution is 2.33. The first-order valence-electron chi connectivity index (χ1n) is 10.8. The average Bonchev–Trinajstić information content (AvgIpc) is 2.84. The monoisotopic (exact) mass is 445 g/mol. The molecular formula is C25H27N5O3. The van der Waals surface area contributed by atoms with Crippen LogP contribution in [0.15, 0.2) is 73.6 Å². The number of amides is 1. The lowest BCUT2D eigenvalue weighted by atomic mass is 9.91. The molecule has 1 aliphatic heterocycles. The van der Waals surface area contributed by atoms with Gasteiger partial charge in [-0.1, -0.05) is 36.9 Å². The van der Waals surface area contributed by atoms with Crippen molar-refractivity contribution in [3.63, 3.8) is 0 Å². The lowest BCUT2D eigenvalue weighted by Crippen LogP contribution is -2.49. The Balaban J connectivity index is 1.46. The van der Waals surface area contributed by atoms with E-state index < -0.39 is 5.60 Å². The molecule has 2 heterocycles. The first kappa shape index (κ1) is 22.3. The van der Waals surface area contributed by atoms with E-state index in [1.54, 1.807) is 4.90 Å². The molecule has 0 unspecified atom stereocenters. The molecule has 0 atom stereocenters. The van der Waals surface area contributed by atoms with Crippen LogP contribution in [0, 0.1) is 0 Å². The summed E-state index contributed by atoms with van der Waals surface area (Å²) in [7, 11) is 0. The summed E-state index contributed by atoms with van der Waals surface area (Å²) in [5.74, 6) is 2.21. The van der Waals surface area contributed by atoms with Gasteiger partial charge in [0, 0.05) is 19.6 Å². The first-order chi connectivity index (χ1) is 16.0. The third-order valence-corrected chi connectivity index (χ3v) is 5.76. The Morgan fingerprint density at radius 3 is 2.45 bits per heavy atom. The van der Waals surface area contributed by atoms with Crippen LogP contribution in [0.25, 0.3) is 11.1 Å². The van der Waals surface area contributed by atoms with E-state index in [0.717, 1.165) is 11.3 Å². The number of piperidine rings is 1. The fourth-order valence-corrected chi connectivity index (χ4v) is 3.83. The molecule has 4 N–H and O–H groups in total. The molecule has 4 rings (SSSR count). The number of nitrogens with two attached hydrogens (primary N) is 1. The number of anilines is 2. The van der Waals surface area contributed by atoms with E-state index in [1.807, 2.05) is 54.6 Å². The Bertz CT molecular complexity index is 1110. The molecule has 170 valence electrons. The molecule has 8 heteroatoms. The highest BCUT2D eigenvalue weighted by atomic mass is 16.5. The summed E-state index contributed by atoms with van der Waals surface area (Å²) in [6.45, 7) is 4.75. The topological polar surface area (TPSA) is 114 Å². The van der Waals surface area contributed by atoms with Gasteiger partial charge in [-0.3, -0.25) is 4.79 Å². The van der Waals surface area contributed by atoms with Crippen molar-refractivity contribution in [3.8, 4) is 22.6 Å². The second-order valence-electron chi connectivity index (χ2n) is 8.03. The lowest BCUT2D eigenvalue weighted by molar-refractivity contribution is -0.129. The van der Waals surface area contributed by atoms with E-state index in [2.05, 4.69) is 21.9 Å². The van der Waals surface area contributed by atoms with Crippen LogP contribution in [-0.2, 0) is 4.79 Å². The SMILES string of the molecule is C=CC(=O)N1CCC(O)(CNc2ncnc(N)c2-c2ccc(Oc3ccccc3)cc2)CC1. The fraction of sp³-hybridized carbons (Fsp3) is 0.240. The number of carbonyl (C=O) groups is 1. The zero-order valence-corrected chi connectivity index (χ0v) is 18.3. The first-order valence-corrected chi connectivity index (χ1v) is 10.8. The number of hydrogen-bond donors (Lipinski definition) is 3. The van der Waals surface area contributed by atoms with Crippen molar-refractivity contribution in [2.24, 2.45) is 0 Å². The van der Waals surface area contributed by atoms with Crippen molar-refractivity contribution in [1.82, 2.24) is 14.9 Å². The highest BCUT2D eigenvalue weighted by molar-refractivity contribution is 5.87. The Kier molecular flexibility index (Phi) is 6.55. The summed E-state index contributed by atoms with van der Waals surface area (Å²) in [5, 5.41) is 14.2. The van der Waals surface area contributed by atoms with Gasteiger partial charge in [0.05, 0.1) is 11.2 Å². The molecule has 1 saturated heterocycles.